The maximum atomic E-state index is 9.91. The van der Waals surface area contributed by atoms with Crippen LogP contribution in [0.2, 0.25) is 0 Å². The first-order chi connectivity index (χ1) is 2.45. The Labute approximate surface area is 38.8 Å². The molecule has 0 bridgehead atoms. The van der Waals surface area contributed by atoms with Gasteiger partial charge in [-0.15, -0.1) is 0 Å². The molecule has 0 aromatic carbocycles. The second-order valence-corrected chi connectivity index (χ2v) is 5.03. The van der Waals surface area contributed by atoms with Crippen LogP contribution in [0.4, 0.5) is 7.89 Å². The van der Waals surface area contributed by atoms with E-state index in [0.29, 0.717) is 0 Å². The van der Waals surface area contributed by atoms with Crippen molar-refractivity contribution >= 4 is 0 Å². The molecule has 0 rings (SSSR count). The van der Waals surface area contributed by atoms with Crippen LogP contribution in [0, 0.1) is 31.1 Å². The quantitative estimate of drug-likeness (QED) is 0.597. The van der Waals surface area contributed by atoms with Crippen LogP contribution in [0.15, 0.2) is 0 Å². The van der Waals surface area contributed by atoms with Crippen molar-refractivity contribution in [3.05, 3.63) is 0 Å². The summed E-state index contributed by atoms with van der Waals surface area (Å²) in [5, 5.41) is 0. The summed E-state index contributed by atoms with van der Waals surface area (Å²) in [5.74, 6) is 0. The van der Waals surface area contributed by atoms with Gasteiger partial charge < -0.3 is 0 Å². The molecule has 0 spiro atoms. The Morgan fingerprint density at radius 2 is 0.571 bits per heavy atom. The number of hydrogen-bond donors (Lipinski definition) is 0. The molecule has 52 valence electrons. The third-order valence-corrected chi connectivity index (χ3v) is 0. The third kappa shape index (κ3) is 222. The van der Waals surface area contributed by atoms with Crippen LogP contribution in [-0.4, -0.2) is 0 Å². The molecule has 0 atom stereocenters. The molecular formula is DyF6. The Morgan fingerprint density at radius 3 is 0.571 bits per heavy atom. The molecule has 0 aliphatic carbocycles. The van der Waals surface area contributed by atoms with E-state index in [1.807, 2.05) is 0 Å². The molecule has 0 fully saturated rings. The summed E-state index contributed by atoms with van der Waals surface area (Å²) in [6.07, 6.45) is 0. The van der Waals surface area contributed by atoms with E-state index in [1.54, 1.807) is 0 Å². The Bertz CT molecular complexity index is 62.7. The van der Waals surface area contributed by atoms with Crippen molar-refractivity contribution in [2.75, 3.05) is 0 Å². The molecule has 0 nitrogen and oxygen atoms in total. The van der Waals surface area contributed by atoms with Gasteiger partial charge in [-0.1, -0.05) is 0 Å². The minimum atomic E-state index is -11.1. The van der Waals surface area contributed by atoms with E-state index in [-0.39, 0.29) is 0 Å². The minimum absolute atomic E-state index is 9.91. The molecule has 0 aromatic heterocycles. The standard InChI is InChI=1S/Dy.6FH/h;6*1H/q+6;;;;;;/p-6. The van der Waals surface area contributed by atoms with Crippen LogP contribution in [0.25, 0.3) is 0 Å². The fourth-order valence-electron chi connectivity index (χ4n) is 0. The van der Waals surface area contributed by atoms with E-state index >= 15 is 0 Å². The van der Waals surface area contributed by atoms with Crippen LogP contribution < -0.4 is 0 Å². The van der Waals surface area contributed by atoms with Crippen molar-refractivity contribution in [1.29, 1.82) is 0 Å². The van der Waals surface area contributed by atoms with Crippen molar-refractivity contribution in [3.63, 3.8) is 0 Å². The summed E-state index contributed by atoms with van der Waals surface area (Å²) in [5.41, 5.74) is 0. The summed E-state index contributed by atoms with van der Waals surface area (Å²) in [6, 6.07) is 0. The summed E-state index contributed by atoms with van der Waals surface area (Å²) < 4.78 is 59.5. The van der Waals surface area contributed by atoms with Crippen molar-refractivity contribution in [1.82, 2.24) is 0 Å². The van der Waals surface area contributed by atoms with Gasteiger partial charge in [-0.2, -0.15) is 0 Å². The zero-order valence-corrected chi connectivity index (χ0v) is 4.61. The SMILES string of the molecule is [F][Dy]([F])([F])([F])([F])[F]. The molecule has 0 amide bonds. The molecule has 7 heteroatoms. The van der Waals surface area contributed by atoms with Gasteiger partial charge in [0.25, 0.3) is 0 Å². The van der Waals surface area contributed by atoms with E-state index in [0.717, 1.165) is 0 Å². The summed E-state index contributed by atoms with van der Waals surface area (Å²) in [4.78, 5) is 0. The molecule has 0 aromatic rings. The molecule has 0 unspecified atom stereocenters. The molecular weight excluding hydrogens is 276 g/mol. The Morgan fingerprint density at radius 1 is 0.571 bits per heavy atom. The summed E-state index contributed by atoms with van der Waals surface area (Å²) in [7, 11) is 0. The van der Waals surface area contributed by atoms with Gasteiger partial charge in [-0.05, 0) is 0 Å². The van der Waals surface area contributed by atoms with E-state index in [2.05, 4.69) is 0 Å². The molecule has 0 aliphatic rings. The Balaban J connectivity index is 4.43. The fourth-order valence-corrected chi connectivity index (χ4v) is 0. The van der Waals surface area contributed by atoms with Gasteiger partial charge in [0.2, 0.25) is 0 Å². The molecule has 0 heterocycles. The van der Waals surface area contributed by atoms with Gasteiger partial charge in [-0.25, -0.2) is 0 Å². The number of halogens is 6. The van der Waals surface area contributed by atoms with Gasteiger partial charge in [0.15, 0.2) is 0 Å². The van der Waals surface area contributed by atoms with Crippen LogP contribution in [0.1, 0.15) is 0 Å². The molecule has 0 aliphatic heterocycles. The second kappa shape index (κ2) is 0.934. The molecule has 0 saturated heterocycles. The first-order valence-electron chi connectivity index (χ1n) is 0.717. The van der Waals surface area contributed by atoms with Crippen molar-refractivity contribution in [3.8, 4) is 0 Å². The zero-order valence-electron chi connectivity index (χ0n) is 2.58. The van der Waals surface area contributed by atoms with Gasteiger partial charge in [0, 0.05) is 0 Å². The predicted octanol–water partition coefficient (Wildman–Crippen LogP) is 2.52. The van der Waals surface area contributed by atoms with Gasteiger partial charge in [0.05, 0.1) is 0 Å². The first-order valence-corrected chi connectivity index (χ1v) is 5.32. The maximum absolute atomic E-state index is 11.1. The topological polar surface area (TPSA) is 0 Å². The van der Waals surface area contributed by atoms with E-state index in [9.17, 15) is 7.89 Å². The van der Waals surface area contributed by atoms with Gasteiger partial charge in [-0.3, -0.25) is 0 Å². The third-order valence-electron chi connectivity index (χ3n) is 0. The fraction of sp³-hybridized carbons (Fsp3) is 0. The van der Waals surface area contributed by atoms with Crippen LogP contribution >= 0.6 is 0 Å². The van der Waals surface area contributed by atoms with Gasteiger partial charge >= 0.3 is 39.0 Å². The first kappa shape index (κ1) is 7.85. The number of rotatable bonds is 0. The summed E-state index contributed by atoms with van der Waals surface area (Å²) >= 11 is -11.1. The van der Waals surface area contributed by atoms with E-state index in [1.165, 1.54) is 0 Å². The molecule has 0 saturated carbocycles. The summed E-state index contributed by atoms with van der Waals surface area (Å²) in [6.45, 7) is 0. The second-order valence-electron chi connectivity index (χ2n) is 0.678. The average molecular weight is 276 g/mol. The van der Waals surface area contributed by atoms with Crippen LogP contribution in [0.5, 0.6) is 0 Å². The van der Waals surface area contributed by atoms with Crippen molar-refractivity contribution < 1.29 is 39.0 Å². The Kier molecular flexibility index (Phi) is 1.05. The van der Waals surface area contributed by atoms with Crippen molar-refractivity contribution in [2.24, 2.45) is 0 Å². The van der Waals surface area contributed by atoms with Crippen LogP contribution in [-0.2, 0) is 0 Å². The molecule has 7 heavy (non-hydrogen) atoms. The van der Waals surface area contributed by atoms with Gasteiger partial charge in [0.1, 0.15) is 0 Å². The van der Waals surface area contributed by atoms with E-state index < -0.39 is 31.1 Å². The predicted molar refractivity (Wildman–Crippen MR) is 6.65 cm³/mol. The molecule has 0 radical (unpaired) electrons. The van der Waals surface area contributed by atoms with E-state index in [4.69, 9.17) is 0 Å². The van der Waals surface area contributed by atoms with Crippen molar-refractivity contribution in [2.45, 2.75) is 0 Å². The molecule has 0 N–H and O–H groups in total. The van der Waals surface area contributed by atoms with Crippen LogP contribution in [0.3, 0.4) is 0 Å². The zero-order chi connectivity index (χ0) is 6.41. The normalized spacial score (nSPS) is 23.1. The average Bonchev–Trinajstić information content (AvgIpc) is 0.592. The Hall–Kier alpha value is 0.853. The number of hydrogen-bond acceptors (Lipinski definition) is 0. The monoisotopic (exact) mass is 278 g/mol.